The molecule has 0 bridgehead atoms. The van der Waals surface area contributed by atoms with Crippen LogP contribution in [-0.2, 0) is 6.42 Å². The van der Waals surface area contributed by atoms with Crippen molar-refractivity contribution >= 4 is 0 Å². The Morgan fingerprint density at radius 2 is 1.74 bits per heavy atom. The molecule has 1 heterocycles. The number of methoxy groups -OCH3 is 3. The van der Waals surface area contributed by atoms with Crippen LogP contribution in [0.4, 0.5) is 0 Å². The first-order valence-corrected chi connectivity index (χ1v) is 5.84. The molecule has 0 amide bonds. The molecule has 0 unspecified atom stereocenters. The summed E-state index contributed by atoms with van der Waals surface area (Å²) < 4.78 is 15.8. The fraction of sp³-hybridized carbons (Fsp3) is 0.286. The van der Waals surface area contributed by atoms with E-state index < -0.39 is 0 Å². The Balaban J connectivity index is 2.32. The van der Waals surface area contributed by atoms with Crippen molar-refractivity contribution in [3.63, 3.8) is 0 Å². The average molecular weight is 260 g/mol. The molecule has 0 spiro atoms. The van der Waals surface area contributed by atoms with Gasteiger partial charge in [-0.25, -0.2) is 0 Å². The van der Waals surface area contributed by atoms with Gasteiger partial charge in [-0.05, 0) is 6.07 Å². The van der Waals surface area contributed by atoms with Crippen molar-refractivity contribution in [2.45, 2.75) is 6.42 Å². The Hall–Kier alpha value is -2.30. The molecule has 5 heteroatoms. The predicted molar refractivity (Wildman–Crippen MR) is 70.9 cm³/mol. The summed E-state index contributed by atoms with van der Waals surface area (Å²) in [5.41, 5.74) is 1.77. The van der Waals surface area contributed by atoms with Gasteiger partial charge in [0, 0.05) is 24.1 Å². The maximum absolute atomic E-state index is 5.36. The lowest BCUT2D eigenvalue weighted by Crippen LogP contribution is -2.00. The van der Waals surface area contributed by atoms with Crippen molar-refractivity contribution in [1.29, 1.82) is 0 Å². The van der Waals surface area contributed by atoms with Crippen molar-refractivity contribution in [2.75, 3.05) is 21.3 Å². The highest BCUT2D eigenvalue weighted by molar-refractivity contribution is 5.43. The van der Waals surface area contributed by atoms with Crippen LogP contribution in [0.1, 0.15) is 11.3 Å². The summed E-state index contributed by atoms with van der Waals surface area (Å²) in [6.45, 7) is 0. The summed E-state index contributed by atoms with van der Waals surface area (Å²) in [4.78, 5) is 0. The summed E-state index contributed by atoms with van der Waals surface area (Å²) in [5, 5.41) is 7.98. The molecule has 0 atom stereocenters. The number of benzene rings is 1. The van der Waals surface area contributed by atoms with E-state index >= 15 is 0 Å². The fourth-order valence-corrected chi connectivity index (χ4v) is 1.84. The topological polar surface area (TPSA) is 53.5 Å². The third kappa shape index (κ3) is 2.93. The number of aromatic nitrogens is 2. The molecular formula is C14H16N2O3. The zero-order valence-electron chi connectivity index (χ0n) is 11.2. The summed E-state index contributed by atoms with van der Waals surface area (Å²) in [6, 6.07) is 7.48. The van der Waals surface area contributed by atoms with E-state index in [1.807, 2.05) is 18.2 Å². The molecule has 19 heavy (non-hydrogen) atoms. The van der Waals surface area contributed by atoms with Gasteiger partial charge in [-0.15, -0.1) is 0 Å². The van der Waals surface area contributed by atoms with Crippen LogP contribution in [-0.4, -0.2) is 31.5 Å². The first-order valence-electron chi connectivity index (χ1n) is 5.84. The van der Waals surface area contributed by atoms with Gasteiger partial charge in [0.1, 0.15) is 22.9 Å². The summed E-state index contributed by atoms with van der Waals surface area (Å²) in [6.07, 6.45) is 2.19. The SMILES string of the molecule is COc1ccc(Cc2nnccc2OC)c(OC)c1. The fourth-order valence-electron chi connectivity index (χ4n) is 1.84. The maximum atomic E-state index is 5.36. The highest BCUT2D eigenvalue weighted by Gasteiger charge is 2.10. The van der Waals surface area contributed by atoms with Crippen LogP contribution in [0.3, 0.4) is 0 Å². The molecular weight excluding hydrogens is 244 g/mol. The van der Waals surface area contributed by atoms with Crippen LogP contribution >= 0.6 is 0 Å². The van der Waals surface area contributed by atoms with Gasteiger partial charge in [0.05, 0.1) is 27.5 Å². The zero-order valence-corrected chi connectivity index (χ0v) is 11.2. The minimum atomic E-state index is 0.587. The van der Waals surface area contributed by atoms with Crippen LogP contribution in [0.5, 0.6) is 17.2 Å². The lowest BCUT2D eigenvalue weighted by atomic mass is 10.1. The van der Waals surface area contributed by atoms with Gasteiger partial charge in [-0.1, -0.05) is 6.07 Å². The molecule has 0 saturated carbocycles. The highest BCUT2D eigenvalue weighted by atomic mass is 16.5. The first kappa shape index (κ1) is 13.1. The van der Waals surface area contributed by atoms with Gasteiger partial charge in [0.25, 0.3) is 0 Å². The third-order valence-corrected chi connectivity index (χ3v) is 2.83. The molecule has 1 aromatic heterocycles. The summed E-state index contributed by atoms with van der Waals surface area (Å²) in [5.74, 6) is 2.23. The van der Waals surface area contributed by atoms with Crippen molar-refractivity contribution in [3.8, 4) is 17.2 Å². The lowest BCUT2D eigenvalue weighted by Gasteiger charge is -2.11. The number of ether oxygens (including phenoxy) is 3. The van der Waals surface area contributed by atoms with E-state index in [0.29, 0.717) is 12.2 Å². The molecule has 0 aliphatic carbocycles. The van der Waals surface area contributed by atoms with Gasteiger partial charge in [-0.3, -0.25) is 0 Å². The Morgan fingerprint density at radius 3 is 2.42 bits per heavy atom. The van der Waals surface area contributed by atoms with Crippen LogP contribution in [0.2, 0.25) is 0 Å². The van der Waals surface area contributed by atoms with Gasteiger partial charge in [0.15, 0.2) is 0 Å². The van der Waals surface area contributed by atoms with Crippen molar-refractivity contribution < 1.29 is 14.2 Å². The molecule has 2 aromatic rings. The Morgan fingerprint density at radius 1 is 0.947 bits per heavy atom. The van der Waals surface area contributed by atoms with Gasteiger partial charge >= 0.3 is 0 Å². The Kier molecular flexibility index (Phi) is 4.18. The van der Waals surface area contributed by atoms with E-state index in [1.165, 1.54) is 0 Å². The number of hydrogen-bond donors (Lipinski definition) is 0. The minimum absolute atomic E-state index is 0.587. The number of nitrogens with zero attached hydrogens (tertiary/aromatic N) is 2. The van der Waals surface area contributed by atoms with E-state index in [2.05, 4.69) is 10.2 Å². The molecule has 0 aliphatic rings. The van der Waals surface area contributed by atoms with Crippen molar-refractivity contribution in [2.24, 2.45) is 0 Å². The number of rotatable bonds is 5. The molecule has 100 valence electrons. The first-order chi connectivity index (χ1) is 9.28. The molecule has 0 N–H and O–H groups in total. The lowest BCUT2D eigenvalue weighted by molar-refractivity contribution is 0.390. The Bertz CT molecular complexity index is 558. The largest absolute Gasteiger partial charge is 0.497 e. The van der Waals surface area contributed by atoms with Crippen molar-refractivity contribution in [1.82, 2.24) is 10.2 Å². The van der Waals surface area contributed by atoms with E-state index in [4.69, 9.17) is 14.2 Å². The van der Waals surface area contributed by atoms with Crippen LogP contribution < -0.4 is 14.2 Å². The minimum Gasteiger partial charge on any atom is -0.497 e. The predicted octanol–water partition coefficient (Wildman–Crippen LogP) is 2.09. The summed E-state index contributed by atoms with van der Waals surface area (Å²) in [7, 11) is 4.87. The average Bonchev–Trinajstić information content (AvgIpc) is 2.48. The molecule has 2 rings (SSSR count). The van der Waals surface area contributed by atoms with Gasteiger partial charge in [-0.2, -0.15) is 10.2 Å². The smallest absolute Gasteiger partial charge is 0.144 e. The van der Waals surface area contributed by atoms with Gasteiger partial charge in [0.2, 0.25) is 0 Å². The quantitative estimate of drug-likeness (QED) is 0.824. The van der Waals surface area contributed by atoms with E-state index in [1.54, 1.807) is 33.6 Å². The van der Waals surface area contributed by atoms with Crippen LogP contribution in [0, 0.1) is 0 Å². The molecule has 1 aromatic carbocycles. The second-order valence-corrected chi connectivity index (χ2v) is 3.90. The van der Waals surface area contributed by atoms with Crippen molar-refractivity contribution in [3.05, 3.63) is 41.7 Å². The number of hydrogen-bond acceptors (Lipinski definition) is 5. The molecule has 0 saturated heterocycles. The standard InChI is InChI=1S/C14H16N2O3/c1-17-11-5-4-10(14(9-11)19-3)8-12-13(18-2)6-7-15-16-12/h4-7,9H,8H2,1-3H3. The summed E-state index contributed by atoms with van der Waals surface area (Å²) >= 11 is 0. The zero-order chi connectivity index (χ0) is 13.7. The van der Waals surface area contributed by atoms with E-state index in [-0.39, 0.29) is 0 Å². The molecule has 5 nitrogen and oxygen atoms in total. The van der Waals surface area contributed by atoms with Gasteiger partial charge < -0.3 is 14.2 Å². The van der Waals surface area contributed by atoms with Crippen LogP contribution in [0.15, 0.2) is 30.5 Å². The van der Waals surface area contributed by atoms with E-state index in [0.717, 1.165) is 22.8 Å². The van der Waals surface area contributed by atoms with Crippen LogP contribution in [0.25, 0.3) is 0 Å². The third-order valence-electron chi connectivity index (χ3n) is 2.83. The van der Waals surface area contributed by atoms with E-state index in [9.17, 15) is 0 Å². The second kappa shape index (κ2) is 6.04. The second-order valence-electron chi connectivity index (χ2n) is 3.90. The maximum Gasteiger partial charge on any atom is 0.144 e. The molecule has 0 aliphatic heterocycles. The molecule has 0 radical (unpaired) electrons. The Labute approximate surface area is 112 Å². The normalized spacial score (nSPS) is 10.1. The highest BCUT2D eigenvalue weighted by Crippen LogP contribution is 2.28. The molecule has 0 fully saturated rings. The monoisotopic (exact) mass is 260 g/mol.